The van der Waals surface area contributed by atoms with Crippen LogP contribution in [0.2, 0.25) is 0 Å². The maximum absolute atomic E-state index is 12.2. The van der Waals surface area contributed by atoms with Gasteiger partial charge >= 0.3 is 0 Å². The quantitative estimate of drug-likeness (QED) is 0.617. The van der Waals surface area contributed by atoms with E-state index >= 15 is 0 Å². The minimum atomic E-state index is -0.307. The van der Waals surface area contributed by atoms with Crippen LogP contribution in [0.3, 0.4) is 0 Å². The molecule has 0 atom stereocenters. The van der Waals surface area contributed by atoms with Crippen LogP contribution in [0.25, 0.3) is 0 Å². The number of carbonyl (C=O) groups is 3. The van der Waals surface area contributed by atoms with Crippen molar-refractivity contribution in [1.82, 2.24) is 15.6 Å². The first-order chi connectivity index (χ1) is 14.0. The van der Waals surface area contributed by atoms with Crippen molar-refractivity contribution in [2.24, 2.45) is 0 Å². The lowest BCUT2D eigenvalue weighted by molar-refractivity contribution is -0.120. The van der Waals surface area contributed by atoms with Gasteiger partial charge in [-0.2, -0.15) is 0 Å². The van der Waals surface area contributed by atoms with Crippen molar-refractivity contribution in [3.63, 3.8) is 0 Å². The predicted octanol–water partition coefficient (Wildman–Crippen LogP) is 2.45. The number of unbranched alkanes of at least 4 members (excludes halogenated alkanes) is 1. The molecular formula is C21H26N4O3S. The highest BCUT2D eigenvalue weighted by Gasteiger charge is 2.21. The molecule has 0 saturated carbocycles. The minimum absolute atomic E-state index is 0.0587. The molecule has 7 nitrogen and oxygen atoms in total. The van der Waals surface area contributed by atoms with Crippen LogP contribution in [0.1, 0.15) is 46.7 Å². The Bertz CT molecular complexity index is 863. The SMILES string of the molecule is Cc1csc(CCCCNC(=O)CNC(=O)c2ccc(N3CCCC3=O)cc2)n1. The van der Waals surface area contributed by atoms with E-state index in [1.165, 1.54) is 0 Å². The molecule has 1 aliphatic rings. The van der Waals surface area contributed by atoms with Gasteiger partial charge in [-0.05, 0) is 56.9 Å². The zero-order valence-electron chi connectivity index (χ0n) is 16.6. The van der Waals surface area contributed by atoms with Crippen molar-refractivity contribution >= 4 is 34.7 Å². The van der Waals surface area contributed by atoms with Crippen LogP contribution in [0.15, 0.2) is 29.6 Å². The number of carbonyl (C=O) groups excluding carboxylic acids is 3. The molecule has 29 heavy (non-hydrogen) atoms. The Morgan fingerprint density at radius 3 is 2.62 bits per heavy atom. The van der Waals surface area contributed by atoms with Gasteiger partial charge in [0.1, 0.15) is 0 Å². The summed E-state index contributed by atoms with van der Waals surface area (Å²) in [6.07, 6.45) is 4.19. The summed E-state index contributed by atoms with van der Waals surface area (Å²) in [4.78, 5) is 42.0. The second-order valence-electron chi connectivity index (χ2n) is 7.07. The topological polar surface area (TPSA) is 91.4 Å². The molecule has 0 aliphatic carbocycles. The molecular weight excluding hydrogens is 388 g/mol. The van der Waals surface area contributed by atoms with Crippen LogP contribution in [0.5, 0.6) is 0 Å². The molecule has 0 bridgehead atoms. The summed E-state index contributed by atoms with van der Waals surface area (Å²) in [6.45, 7) is 3.22. The Hall–Kier alpha value is -2.74. The Morgan fingerprint density at radius 1 is 1.17 bits per heavy atom. The molecule has 2 heterocycles. The molecule has 1 aromatic heterocycles. The van der Waals surface area contributed by atoms with E-state index in [1.54, 1.807) is 40.5 Å². The van der Waals surface area contributed by atoms with Gasteiger partial charge < -0.3 is 15.5 Å². The number of hydrogen-bond acceptors (Lipinski definition) is 5. The van der Waals surface area contributed by atoms with E-state index in [9.17, 15) is 14.4 Å². The highest BCUT2D eigenvalue weighted by atomic mass is 32.1. The molecule has 2 N–H and O–H groups in total. The third kappa shape index (κ3) is 6.12. The number of rotatable bonds is 9. The van der Waals surface area contributed by atoms with Crippen molar-refractivity contribution in [3.05, 3.63) is 45.9 Å². The van der Waals surface area contributed by atoms with E-state index in [0.717, 1.165) is 42.1 Å². The first-order valence-corrected chi connectivity index (χ1v) is 10.8. The molecule has 0 unspecified atom stereocenters. The van der Waals surface area contributed by atoms with Crippen molar-refractivity contribution in [2.45, 2.75) is 39.0 Å². The molecule has 2 aromatic rings. The zero-order chi connectivity index (χ0) is 20.6. The van der Waals surface area contributed by atoms with Gasteiger partial charge in [0.15, 0.2) is 0 Å². The molecule has 8 heteroatoms. The number of hydrogen-bond donors (Lipinski definition) is 2. The molecule has 154 valence electrons. The second kappa shape index (κ2) is 10.2. The van der Waals surface area contributed by atoms with Gasteiger partial charge in [-0.3, -0.25) is 14.4 Å². The number of thiazole rings is 1. The number of benzene rings is 1. The van der Waals surface area contributed by atoms with Crippen molar-refractivity contribution in [2.75, 3.05) is 24.5 Å². The van der Waals surface area contributed by atoms with E-state index in [0.29, 0.717) is 25.1 Å². The molecule has 0 spiro atoms. The predicted molar refractivity (Wildman–Crippen MR) is 113 cm³/mol. The van der Waals surface area contributed by atoms with E-state index < -0.39 is 0 Å². The molecule has 3 amide bonds. The third-order valence-electron chi connectivity index (χ3n) is 4.73. The fourth-order valence-corrected chi connectivity index (χ4v) is 4.00. The van der Waals surface area contributed by atoms with E-state index in [4.69, 9.17) is 0 Å². The summed E-state index contributed by atoms with van der Waals surface area (Å²) in [5.41, 5.74) is 2.31. The number of aromatic nitrogens is 1. The smallest absolute Gasteiger partial charge is 0.251 e. The van der Waals surface area contributed by atoms with E-state index in [2.05, 4.69) is 15.6 Å². The van der Waals surface area contributed by atoms with Gasteiger partial charge in [0, 0.05) is 41.8 Å². The van der Waals surface area contributed by atoms with Crippen LogP contribution in [0, 0.1) is 6.92 Å². The normalized spacial score (nSPS) is 13.6. The van der Waals surface area contributed by atoms with Gasteiger partial charge in [0.05, 0.1) is 11.6 Å². The van der Waals surface area contributed by atoms with Gasteiger partial charge in [-0.1, -0.05) is 0 Å². The van der Waals surface area contributed by atoms with E-state index in [-0.39, 0.29) is 24.3 Å². The van der Waals surface area contributed by atoms with Crippen molar-refractivity contribution in [1.29, 1.82) is 0 Å². The fraction of sp³-hybridized carbons (Fsp3) is 0.429. The van der Waals surface area contributed by atoms with Crippen LogP contribution in [-0.2, 0) is 16.0 Å². The standard InChI is InChI=1S/C21H26N4O3S/c1-15-14-29-19(24-15)5-2-3-11-22-18(26)13-23-21(28)16-7-9-17(10-8-16)25-12-4-6-20(25)27/h7-10,14H,2-6,11-13H2,1H3,(H,22,26)(H,23,28). The number of aryl methyl sites for hydroxylation is 2. The number of anilines is 1. The first kappa shape index (κ1) is 21.0. The lowest BCUT2D eigenvalue weighted by Crippen LogP contribution is -2.37. The van der Waals surface area contributed by atoms with Crippen LogP contribution < -0.4 is 15.5 Å². The minimum Gasteiger partial charge on any atom is -0.355 e. The zero-order valence-corrected chi connectivity index (χ0v) is 17.4. The van der Waals surface area contributed by atoms with Gasteiger partial charge in [-0.15, -0.1) is 11.3 Å². The highest BCUT2D eigenvalue weighted by molar-refractivity contribution is 7.09. The van der Waals surface area contributed by atoms with Crippen molar-refractivity contribution < 1.29 is 14.4 Å². The Balaban J connectivity index is 1.33. The molecule has 1 aliphatic heterocycles. The second-order valence-corrected chi connectivity index (χ2v) is 8.01. The van der Waals surface area contributed by atoms with E-state index in [1.807, 2.05) is 12.3 Å². The Labute approximate surface area is 174 Å². The summed E-state index contributed by atoms with van der Waals surface area (Å²) >= 11 is 1.67. The van der Waals surface area contributed by atoms with Gasteiger partial charge in [0.25, 0.3) is 5.91 Å². The molecule has 1 fully saturated rings. The lowest BCUT2D eigenvalue weighted by Gasteiger charge is -2.15. The van der Waals surface area contributed by atoms with Crippen LogP contribution in [0.4, 0.5) is 5.69 Å². The third-order valence-corrected chi connectivity index (χ3v) is 5.76. The maximum Gasteiger partial charge on any atom is 0.251 e. The average molecular weight is 415 g/mol. The number of nitrogens with zero attached hydrogens (tertiary/aromatic N) is 2. The largest absolute Gasteiger partial charge is 0.355 e. The summed E-state index contributed by atoms with van der Waals surface area (Å²) in [6, 6.07) is 6.88. The fourth-order valence-electron chi connectivity index (χ4n) is 3.19. The van der Waals surface area contributed by atoms with Crippen molar-refractivity contribution in [3.8, 4) is 0 Å². The monoisotopic (exact) mass is 414 g/mol. The van der Waals surface area contributed by atoms with Gasteiger partial charge in [0.2, 0.25) is 11.8 Å². The Morgan fingerprint density at radius 2 is 1.97 bits per heavy atom. The highest BCUT2D eigenvalue weighted by Crippen LogP contribution is 2.21. The first-order valence-electron chi connectivity index (χ1n) is 9.89. The summed E-state index contributed by atoms with van der Waals surface area (Å²) in [5.74, 6) is -0.401. The van der Waals surface area contributed by atoms with Gasteiger partial charge in [-0.25, -0.2) is 4.98 Å². The van der Waals surface area contributed by atoms with Crippen LogP contribution in [-0.4, -0.2) is 42.3 Å². The number of nitrogens with one attached hydrogen (secondary N) is 2. The molecule has 3 rings (SSSR count). The summed E-state index contributed by atoms with van der Waals surface area (Å²) in [5, 5.41) is 8.61. The summed E-state index contributed by atoms with van der Waals surface area (Å²) < 4.78 is 0. The number of amides is 3. The summed E-state index contributed by atoms with van der Waals surface area (Å²) in [7, 11) is 0. The molecule has 1 aromatic carbocycles. The Kier molecular flexibility index (Phi) is 7.35. The molecule has 0 radical (unpaired) electrons. The lowest BCUT2D eigenvalue weighted by atomic mass is 10.2. The van der Waals surface area contributed by atoms with Crippen LogP contribution >= 0.6 is 11.3 Å². The average Bonchev–Trinajstić information content (AvgIpc) is 3.34. The maximum atomic E-state index is 12.2. The molecule has 1 saturated heterocycles.